The van der Waals surface area contributed by atoms with E-state index in [1.165, 1.54) is 5.56 Å². The minimum absolute atomic E-state index is 0.254. The Morgan fingerprint density at radius 2 is 1.85 bits per heavy atom. The van der Waals surface area contributed by atoms with Crippen LogP contribution in [0.5, 0.6) is 5.75 Å². The standard InChI is InChI=1S/C19H20N2O4S/c1-12-19(22)20-17-11-15(7-9-18(17)25-12)21-26(23,24)16-8-6-13-4-2-3-5-14(13)10-16/h6-12,21H,2-5H2,1H3,(H,20,22)/t12-/m1/s1. The van der Waals surface area contributed by atoms with E-state index in [4.69, 9.17) is 4.74 Å². The highest BCUT2D eigenvalue weighted by molar-refractivity contribution is 7.92. The fraction of sp³-hybridized carbons (Fsp3) is 0.316. The number of benzene rings is 2. The maximum absolute atomic E-state index is 12.7. The monoisotopic (exact) mass is 372 g/mol. The molecule has 0 radical (unpaired) electrons. The van der Waals surface area contributed by atoms with Gasteiger partial charge >= 0.3 is 0 Å². The summed E-state index contributed by atoms with van der Waals surface area (Å²) in [7, 11) is -3.70. The van der Waals surface area contributed by atoms with Crippen LogP contribution in [0.4, 0.5) is 11.4 Å². The van der Waals surface area contributed by atoms with E-state index in [2.05, 4.69) is 10.0 Å². The fourth-order valence-electron chi connectivity index (χ4n) is 3.36. The smallest absolute Gasteiger partial charge is 0.265 e. The summed E-state index contributed by atoms with van der Waals surface area (Å²) in [5, 5.41) is 2.72. The van der Waals surface area contributed by atoms with Crippen LogP contribution in [-0.4, -0.2) is 20.4 Å². The van der Waals surface area contributed by atoms with Crippen molar-refractivity contribution in [3.8, 4) is 5.75 Å². The Morgan fingerprint density at radius 3 is 2.65 bits per heavy atom. The van der Waals surface area contributed by atoms with Crippen LogP contribution in [0.15, 0.2) is 41.3 Å². The summed E-state index contributed by atoms with van der Waals surface area (Å²) in [5.74, 6) is 0.265. The summed E-state index contributed by atoms with van der Waals surface area (Å²) < 4.78 is 33.6. The molecular formula is C19H20N2O4S. The van der Waals surface area contributed by atoms with Crippen LogP contribution in [0.3, 0.4) is 0 Å². The zero-order chi connectivity index (χ0) is 18.3. The number of rotatable bonds is 3. The molecule has 0 fully saturated rings. The van der Waals surface area contributed by atoms with E-state index in [1.807, 2.05) is 6.07 Å². The lowest BCUT2D eigenvalue weighted by Gasteiger charge is -2.23. The van der Waals surface area contributed by atoms with E-state index in [1.54, 1.807) is 37.3 Å². The van der Waals surface area contributed by atoms with Gasteiger partial charge in [0, 0.05) is 0 Å². The largest absolute Gasteiger partial charge is 0.479 e. The molecular weight excluding hydrogens is 352 g/mol. The predicted octanol–water partition coefficient (Wildman–Crippen LogP) is 3.09. The summed E-state index contributed by atoms with van der Waals surface area (Å²) in [6.45, 7) is 1.66. The number of hydrogen-bond acceptors (Lipinski definition) is 4. The summed E-state index contributed by atoms with van der Waals surface area (Å²) in [6.07, 6.45) is 3.59. The van der Waals surface area contributed by atoms with E-state index in [0.717, 1.165) is 31.2 Å². The van der Waals surface area contributed by atoms with E-state index < -0.39 is 16.1 Å². The van der Waals surface area contributed by atoms with Crippen molar-refractivity contribution in [2.75, 3.05) is 10.0 Å². The molecule has 6 nitrogen and oxygen atoms in total. The summed E-state index contributed by atoms with van der Waals surface area (Å²) in [5.41, 5.74) is 3.18. The maximum atomic E-state index is 12.7. The van der Waals surface area contributed by atoms with Crippen LogP contribution >= 0.6 is 0 Å². The van der Waals surface area contributed by atoms with Gasteiger partial charge in [0.15, 0.2) is 6.10 Å². The number of ether oxygens (including phenoxy) is 1. The highest BCUT2D eigenvalue weighted by atomic mass is 32.2. The Balaban J connectivity index is 1.60. The van der Waals surface area contributed by atoms with Crippen molar-refractivity contribution >= 4 is 27.3 Å². The molecule has 2 aromatic rings. The first-order valence-corrected chi connectivity index (χ1v) is 10.2. The Kier molecular flexibility index (Phi) is 4.11. The highest BCUT2D eigenvalue weighted by Crippen LogP contribution is 2.33. The number of aryl methyl sites for hydroxylation is 2. The van der Waals surface area contributed by atoms with Gasteiger partial charge in [-0.2, -0.15) is 0 Å². The summed E-state index contributed by atoms with van der Waals surface area (Å²) in [4.78, 5) is 12.0. The lowest BCUT2D eigenvalue weighted by Crippen LogP contribution is -2.34. The van der Waals surface area contributed by atoms with Gasteiger partial charge in [-0.25, -0.2) is 8.42 Å². The van der Waals surface area contributed by atoms with E-state index in [0.29, 0.717) is 17.1 Å². The van der Waals surface area contributed by atoms with Crippen molar-refractivity contribution in [3.05, 3.63) is 47.5 Å². The number of sulfonamides is 1. The number of carbonyl (C=O) groups excluding carboxylic acids is 1. The average Bonchev–Trinajstić information content (AvgIpc) is 2.62. The predicted molar refractivity (Wildman–Crippen MR) is 99.1 cm³/mol. The first-order chi connectivity index (χ1) is 12.4. The molecule has 2 aromatic carbocycles. The molecule has 0 saturated heterocycles. The molecule has 136 valence electrons. The zero-order valence-electron chi connectivity index (χ0n) is 14.4. The quantitative estimate of drug-likeness (QED) is 0.867. The molecule has 0 saturated carbocycles. The second-order valence-corrected chi connectivity index (χ2v) is 8.39. The summed E-state index contributed by atoms with van der Waals surface area (Å²) in [6, 6.07) is 10.2. The zero-order valence-corrected chi connectivity index (χ0v) is 15.2. The molecule has 0 unspecified atom stereocenters. The number of amides is 1. The molecule has 1 amide bonds. The van der Waals surface area contributed by atoms with E-state index in [9.17, 15) is 13.2 Å². The van der Waals surface area contributed by atoms with Gasteiger partial charge in [0.25, 0.3) is 15.9 Å². The van der Waals surface area contributed by atoms with Gasteiger partial charge in [0.1, 0.15) is 5.75 Å². The number of nitrogens with one attached hydrogen (secondary N) is 2. The van der Waals surface area contributed by atoms with Crippen LogP contribution in [0, 0.1) is 0 Å². The van der Waals surface area contributed by atoms with Gasteiger partial charge < -0.3 is 10.1 Å². The molecule has 1 aliphatic carbocycles. The van der Waals surface area contributed by atoms with Crippen LogP contribution in [0.2, 0.25) is 0 Å². The lowest BCUT2D eigenvalue weighted by molar-refractivity contribution is -0.122. The molecule has 0 spiro atoms. The first kappa shape index (κ1) is 16.9. The SMILES string of the molecule is C[C@H]1Oc2ccc(NS(=O)(=O)c3ccc4c(c3)CCCC4)cc2NC1=O. The molecule has 2 N–H and O–H groups in total. The second kappa shape index (κ2) is 6.32. The minimum atomic E-state index is -3.70. The summed E-state index contributed by atoms with van der Waals surface area (Å²) >= 11 is 0. The molecule has 2 aliphatic rings. The van der Waals surface area contributed by atoms with Gasteiger partial charge in [-0.3, -0.25) is 9.52 Å². The molecule has 26 heavy (non-hydrogen) atoms. The molecule has 1 atom stereocenters. The Bertz CT molecular complexity index is 985. The van der Waals surface area contributed by atoms with Crippen LogP contribution in [0.25, 0.3) is 0 Å². The van der Waals surface area contributed by atoms with Crippen molar-refractivity contribution in [2.24, 2.45) is 0 Å². The van der Waals surface area contributed by atoms with Gasteiger partial charge in [-0.1, -0.05) is 6.07 Å². The molecule has 1 heterocycles. The van der Waals surface area contributed by atoms with Crippen molar-refractivity contribution in [1.82, 2.24) is 0 Å². The van der Waals surface area contributed by atoms with Crippen molar-refractivity contribution in [2.45, 2.75) is 43.6 Å². The molecule has 7 heteroatoms. The maximum Gasteiger partial charge on any atom is 0.265 e. The van der Waals surface area contributed by atoms with Crippen molar-refractivity contribution < 1.29 is 17.9 Å². The van der Waals surface area contributed by atoms with Crippen LogP contribution < -0.4 is 14.8 Å². The Morgan fingerprint density at radius 1 is 1.08 bits per heavy atom. The topological polar surface area (TPSA) is 84.5 Å². The molecule has 0 aromatic heterocycles. The van der Waals surface area contributed by atoms with Gasteiger partial charge in [-0.05, 0) is 74.1 Å². The first-order valence-electron chi connectivity index (χ1n) is 8.68. The number of fused-ring (bicyclic) bond motifs is 2. The third-order valence-corrected chi connectivity index (χ3v) is 6.17. The van der Waals surface area contributed by atoms with Crippen LogP contribution in [-0.2, 0) is 27.7 Å². The molecule has 4 rings (SSSR count). The van der Waals surface area contributed by atoms with Gasteiger partial charge in [-0.15, -0.1) is 0 Å². The number of hydrogen-bond donors (Lipinski definition) is 2. The second-order valence-electron chi connectivity index (χ2n) is 6.70. The normalized spacial score (nSPS) is 19.0. The number of carbonyl (C=O) groups is 1. The van der Waals surface area contributed by atoms with Crippen molar-refractivity contribution in [1.29, 1.82) is 0 Å². The number of anilines is 2. The van der Waals surface area contributed by atoms with Gasteiger partial charge in [0.2, 0.25) is 0 Å². The Hall–Kier alpha value is -2.54. The lowest BCUT2D eigenvalue weighted by atomic mass is 9.92. The molecule has 0 bridgehead atoms. The van der Waals surface area contributed by atoms with Gasteiger partial charge in [0.05, 0.1) is 16.3 Å². The van der Waals surface area contributed by atoms with Crippen molar-refractivity contribution in [3.63, 3.8) is 0 Å². The van der Waals surface area contributed by atoms with Crippen LogP contribution in [0.1, 0.15) is 30.9 Å². The third kappa shape index (κ3) is 3.14. The van der Waals surface area contributed by atoms with E-state index >= 15 is 0 Å². The highest BCUT2D eigenvalue weighted by Gasteiger charge is 2.24. The third-order valence-electron chi connectivity index (χ3n) is 4.79. The average molecular weight is 372 g/mol. The molecule has 1 aliphatic heterocycles. The minimum Gasteiger partial charge on any atom is -0.479 e. The Labute approximate surface area is 152 Å². The van der Waals surface area contributed by atoms with E-state index in [-0.39, 0.29) is 10.8 Å². The fourth-order valence-corrected chi connectivity index (χ4v) is 4.46.